The molecule has 2 fully saturated rings. The molecule has 5 rings (SSSR count). The molecule has 2 N–H and O–H groups in total. The molecule has 0 radical (unpaired) electrons. The van der Waals surface area contributed by atoms with Crippen molar-refractivity contribution < 1.29 is 14.4 Å². The quantitative estimate of drug-likeness (QED) is 0.452. The molecular formula is C30H37ClN8O3. The fraction of sp³-hybridized carbons (Fsp3) is 0.433. The second-order valence-corrected chi connectivity index (χ2v) is 11.4. The maximum Gasteiger partial charge on any atom is 0.291 e. The Hall–Kier alpha value is -3.96. The van der Waals surface area contributed by atoms with Gasteiger partial charge in [-0.3, -0.25) is 14.4 Å². The lowest BCUT2D eigenvalue weighted by atomic mass is 9.96. The van der Waals surface area contributed by atoms with E-state index in [9.17, 15) is 14.4 Å². The van der Waals surface area contributed by atoms with E-state index in [2.05, 4.69) is 20.6 Å². The lowest BCUT2D eigenvalue weighted by Crippen LogP contribution is -2.52. The van der Waals surface area contributed by atoms with Gasteiger partial charge < -0.3 is 29.9 Å². The zero-order valence-electron chi connectivity index (χ0n) is 24.5. The summed E-state index contributed by atoms with van der Waals surface area (Å²) < 4.78 is 1.73. The lowest BCUT2D eigenvalue weighted by molar-refractivity contribution is -0.137. The summed E-state index contributed by atoms with van der Waals surface area (Å²) >= 11 is 6.52. The van der Waals surface area contributed by atoms with Gasteiger partial charge in [0, 0.05) is 70.2 Å². The predicted molar refractivity (Wildman–Crippen MR) is 163 cm³/mol. The molecule has 2 saturated heterocycles. The van der Waals surface area contributed by atoms with Gasteiger partial charge in [-0.2, -0.15) is 0 Å². The molecule has 2 aromatic heterocycles. The number of rotatable bonds is 6. The Balaban J connectivity index is 1.21. The first kappa shape index (κ1) is 29.5. The number of hydrogen-bond donors (Lipinski definition) is 2. The molecule has 0 unspecified atom stereocenters. The number of nitrogens with zero attached hydrogens (tertiary/aromatic N) is 6. The molecule has 4 heterocycles. The summed E-state index contributed by atoms with van der Waals surface area (Å²) in [5.41, 5.74) is 3.30. The molecule has 12 heteroatoms. The summed E-state index contributed by atoms with van der Waals surface area (Å²) in [5.74, 6) is 0.748. The number of carbonyl (C=O) groups is 3. The van der Waals surface area contributed by atoms with Crippen LogP contribution in [0.2, 0.25) is 5.02 Å². The zero-order chi connectivity index (χ0) is 30.0. The predicted octanol–water partition coefficient (Wildman–Crippen LogP) is 3.05. The number of imidazole rings is 1. The first-order valence-electron chi connectivity index (χ1n) is 14.2. The van der Waals surface area contributed by atoms with Gasteiger partial charge in [-0.15, -0.1) is 0 Å². The van der Waals surface area contributed by atoms with Gasteiger partial charge in [0.05, 0.1) is 22.5 Å². The van der Waals surface area contributed by atoms with Crippen molar-refractivity contribution in [2.24, 2.45) is 13.0 Å². The average molecular weight is 593 g/mol. The molecule has 42 heavy (non-hydrogen) atoms. The molecule has 3 amide bonds. The van der Waals surface area contributed by atoms with Crippen LogP contribution in [0.4, 0.5) is 11.5 Å². The van der Waals surface area contributed by atoms with Gasteiger partial charge >= 0.3 is 0 Å². The third kappa shape index (κ3) is 6.12. The summed E-state index contributed by atoms with van der Waals surface area (Å²) in [4.78, 5) is 53.7. The molecule has 0 saturated carbocycles. The molecule has 0 atom stereocenters. The fourth-order valence-electron chi connectivity index (χ4n) is 5.52. The first-order valence-corrected chi connectivity index (χ1v) is 14.6. The highest BCUT2D eigenvalue weighted by Crippen LogP contribution is 2.27. The van der Waals surface area contributed by atoms with Gasteiger partial charge in [-0.1, -0.05) is 11.6 Å². The van der Waals surface area contributed by atoms with Crippen molar-refractivity contribution in [3.63, 3.8) is 0 Å². The number of aromatic nitrogens is 3. The molecule has 3 aromatic rings. The Bertz CT molecular complexity index is 1490. The number of amides is 3. The van der Waals surface area contributed by atoms with Crippen LogP contribution in [0.1, 0.15) is 39.5 Å². The van der Waals surface area contributed by atoms with Crippen molar-refractivity contribution in [2.75, 3.05) is 63.6 Å². The minimum absolute atomic E-state index is 0.0683. The number of benzene rings is 1. The maximum atomic E-state index is 13.2. The SMILES string of the molecule is Cc1nc(N(C)C)ccc1-c1cnc(C(=O)Nc2ccc(C(=O)N3CCN(C(=O)C4CCNCC4)CC3)c(Cl)c2)n1C. The molecular weight excluding hydrogens is 556 g/mol. The van der Waals surface area contributed by atoms with Crippen LogP contribution in [0.25, 0.3) is 11.3 Å². The van der Waals surface area contributed by atoms with Gasteiger partial charge in [0.25, 0.3) is 11.8 Å². The van der Waals surface area contributed by atoms with Crippen LogP contribution in [0.15, 0.2) is 36.5 Å². The van der Waals surface area contributed by atoms with Crippen molar-refractivity contribution in [3.05, 3.63) is 58.6 Å². The van der Waals surface area contributed by atoms with Gasteiger partial charge in [0.15, 0.2) is 5.82 Å². The summed E-state index contributed by atoms with van der Waals surface area (Å²) in [6.45, 7) is 5.61. The second-order valence-electron chi connectivity index (χ2n) is 11.0. The minimum Gasteiger partial charge on any atom is -0.363 e. The number of anilines is 2. The van der Waals surface area contributed by atoms with E-state index < -0.39 is 5.91 Å². The summed E-state index contributed by atoms with van der Waals surface area (Å²) in [6, 6.07) is 8.75. The largest absolute Gasteiger partial charge is 0.363 e. The molecule has 2 aliphatic heterocycles. The lowest BCUT2D eigenvalue weighted by Gasteiger charge is -2.37. The second kappa shape index (κ2) is 12.5. The van der Waals surface area contributed by atoms with E-state index >= 15 is 0 Å². The Kier molecular flexibility index (Phi) is 8.79. The average Bonchev–Trinajstić information content (AvgIpc) is 3.37. The van der Waals surface area contributed by atoms with Crippen LogP contribution in [-0.2, 0) is 11.8 Å². The van der Waals surface area contributed by atoms with Gasteiger partial charge in [0.1, 0.15) is 5.82 Å². The van der Waals surface area contributed by atoms with Crippen LogP contribution >= 0.6 is 11.6 Å². The number of halogens is 1. The van der Waals surface area contributed by atoms with E-state index in [-0.39, 0.29) is 28.6 Å². The molecule has 0 aliphatic carbocycles. The van der Waals surface area contributed by atoms with Gasteiger partial charge in [-0.25, -0.2) is 9.97 Å². The minimum atomic E-state index is -0.399. The summed E-state index contributed by atoms with van der Waals surface area (Å²) in [5, 5.41) is 6.37. The van der Waals surface area contributed by atoms with Crippen molar-refractivity contribution in [1.29, 1.82) is 0 Å². The van der Waals surface area contributed by atoms with Crippen molar-refractivity contribution >= 4 is 40.8 Å². The zero-order valence-corrected chi connectivity index (χ0v) is 25.2. The van der Waals surface area contributed by atoms with Crippen LogP contribution < -0.4 is 15.5 Å². The summed E-state index contributed by atoms with van der Waals surface area (Å²) in [7, 11) is 5.65. The Morgan fingerprint density at radius 1 is 1.02 bits per heavy atom. The molecule has 0 bridgehead atoms. The first-order chi connectivity index (χ1) is 20.1. The number of hydrogen-bond acceptors (Lipinski definition) is 7. The molecule has 0 spiro atoms. The summed E-state index contributed by atoms with van der Waals surface area (Å²) in [6.07, 6.45) is 3.38. The van der Waals surface area contributed by atoms with Crippen LogP contribution in [0, 0.1) is 12.8 Å². The highest BCUT2D eigenvalue weighted by Gasteiger charge is 2.30. The van der Waals surface area contributed by atoms with Crippen molar-refractivity contribution in [1.82, 2.24) is 29.7 Å². The normalized spacial score (nSPS) is 15.9. The van der Waals surface area contributed by atoms with Gasteiger partial charge in [-0.05, 0) is 63.2 Å². The number of nitrogens with one attached hydrogen (secondary N) is 2. The Morgan fingerprint density at radius 3 is 2.36 bits per heavy atom. The molecule has 222 valence electrons. The standard InChI is InChI=1S/C30H37ClN8O3/c1-19-22(7-8-26(34-19)36(2)3)25-18-33-27(37(25)4)28(40)35-21-5-6-23(24(31)17-21)30(42)39-15-13-38(14-16-39)29(41)20-9-11-32-12-10-20/h5-8,17-18,20,32H,9-16H2,1-4H3,(H,35,40). The van der Waals surface area contributed by atoms with E-state index in [4.69, 9.17) is 11.6 Å². The topological polar surface area (TPSA) is 116 Å². The van der Waals surface area contributed by atoms with E-state index in [0.717, 1.165) is 48.7 Å². The van der Waals surface area contributed by atoms with Crippen molar-refractivity contribution in [2.45, 2.75) is 19.8 Å². The highest BCUT2D eigenvalue weighted by molar-refractivity contribution is 6.34. The third-order valence-corrected chi connectivity index (χ3v) is 8.33. The Labute approximate surface area is 250 Å². The van der Waals surface area contributed by atoms with E-state index in [1.807, 2.05) is 43.0 Å². The number of pyridine rings is 1. The van der Waals surface area contributed by atoms with Gasteiger partial charge in [0.2, 0.25) is 5.91 Å². The molecule has 2 aliphatic rings. The highest BCUT2D eigenvalue weighted by atomic mass is 35.5. The third-order valence-electron chi connectivity index (χ3n) is 8.02. The fourth-order valence-corrected chi connectivity index (χ4v) is 5.78. The maximum absolute atomic E-state index is 13.2. The van der Waals surface area contributed by atoms with E-state index in [0.29, 0.717) is 37.4 Å². The monoisotopic (exact) mass is 592 g/mol. The number of carbonyl (C=O) groups excluding carboxylic acids is 3. The van der Waals surface area contributed by atoms with E-state index in [1.165, 1.54) is 0 Å². The van der Waals surface area contributed by atoms with Crippen molar-refractivity contribution in [3.8, 4) is 11.3 Å². The number of piperazine rings is 1. The van der Waals surface area contributed by atoms with E-state index in [1.54, 1.807) is 40.9 Å². The molecule has 1 aromatic carbocycles. The number of aryl methyl sites for hydroxylation is 1. The van der Waals surface area contributed by atoms with Crippen LogP contribution in [0.5, 0.6) is 0 Å². The van der Waals surface area contributed by atoms with Crippen LogP contribution in [0.3, 0.4) is 0 Å². The number of piperidine rings is 1. The van der Waals surface area contributed by atoms with Crippen LogP contribution in [-0.4, -0.2) is 95.4 Å². The molecule has 11 nitrogen and oxygen atoms in total. The smallest absolute Gasteiger partial charge is 0.291 e. The Morgan fingerprint density at radius 2 is 1.71 bits per heavy atom.